The van der Waals surface area contributed by atoms with Crippen LogP contribution >= 0.6 is 0 Å². The summed E-state index contributed by atoms with van der Waals surface area (Å²) in [6.07, 6.45) is 4.75. The predicted octanol–water partition coefficient (Wildman–Crippen LogP) is 2.97. The molecule has 1 aliphatic heterocycles. The topological polar surface area (TPSA) is 18.5 Å². The van der Waals surface area contributed by atoms with Gasteiger partial charge in [0.25, 0.3) is 0 Å². The molecule has 2 nitrogen and oxygen atoms in total. The van der Waals surface area contributed by atoms with Crippen molar-refractivity contribution in [2.45, 2.75) is 52.2 Å². The first-order valence-corrected chi connectivity index (χ1v) is 5.83. The summed E-state index contributed by atoms with van der Waals surface area (Å²) in [4.78, 5) is 0. The summed E-state index contributed by atoms with van der Waals surface area (Å²) in [5.41, 5.74) is 0.204. The quantitative estimate of drug-likeness (QED) is 0.645. The van der Waals surface area contributed by atoms with Crippen LogP contribution in [-0.4, -0.2) is 19.0 Å². The van der Waals surface area contributed by atoms with Gasteiger partial charge in [0.15, 0.2) is 5.79 Å². The Morgan fingerprint density at radius 2 is 1.86 bits per heavy atom. The summed E-state index contributed by atoms with van der Waals surface area (Å²) in [5, 5.41) is 0. The molecule has 0 unspecified atom stereocenters. The molecule has 2 aliphatic rings. The number of rotatable bonds is 1. The molecular formula is C12H22O2. The summed E-state index contributed by atoms with van der Waals surface area (Å²) in [5.74, 6) is 0.618. The van der Waals surface area contributed by atoms with E-state index in [1.54, 1.807) is 0 Å². The maximum absolute atomic E-state index is 5.95. The molecule has 0 bridgehead atoms. The van der Waals surface area contributed by atoms with Crippen molar-refractivity contribution in [2.75, 3.05) is 13.2 Å². The second-order valence-electron chi connectivity index (χ2n) is 5.67. The molecule has 1 aliphatic carbocycles. The Hall–Kier alpha value is -0.0800. The van der Waals surface area contributed by atoms with Gasteiger partial charge in [0, 0.05) is 18.3 Å². The van der Waals surface area contributed by atoms with Crippen molar-refractivity contribution < 1.29 is 9.47 Å². The maximum atomic E-state index is 5.95. The molecule has 0 aromatic rings. The summed E-state index contributed by atoms with van der Waals surface area (Å²) in [6, 6.07) is 0. The summed E-state index contributed by atoms with van der Waals surface area (Å²) < 4.78 is 11.9. The van der Waals surface area contributed by atoms with Crippen LogP contribution in [0, 0.1) is 11.3 Å². The molecule has 0 amide bonds. The maximum Gasteiger partial charge on any atom is 0.168 e. The Bertz CT molecular complexity index is 200. The van der Waals surface area contributed by atoms with E-state index in [0.29, 0.717) is 0 Å². The van der Waals surface area contributed by atoms with Gasteiger partial charge in [-0.25, -0.2) is 0 Å². The molecule has 0 radical (unpaired) electrons. The van der Waals surface area contributed by atoms with Crippen LogP contribution in [0.3, 0.4) is 0 Å². The zero-order valence-electron chi connectivity index (χ0n) is 9.64. The Labute approximate surface area is 87.0 Å². The van der Waals surface area contributed by atoms with Gasteiger partial charge in [-0.15, -0.1) is 0 Å². The molecule has 2 fully saturated rings. The molecule has 14 heavy (non-hydrogen) atoms. The van der Waals surface area contributed by atoms with E-state index in [-0.39, 0.29) is 11.2 Å². The highest BCUT2D eigenvalue weighted by molar-refractivity contribution is 4.87. The Kier molecular flexibility index (Phi) is 2.61. The minimum Gasteiger partial charge on any atom is -0.349 e. The fraction of sp³-hybridized carbons (Fsp3) is 1.00. The van der Waals surface area contributed by atoms with E-state index in [2.05, 4.69) is 20.8 Å². The van der Waals surface area contributed by atoms with E-state index in [0.717, 1.165) is 32.0 Å². The van der Waals surface area contributed by atoms with Crippen molar-refractivity contribution in [2.24, 2.45) is 11.3 Å². The Morgan fingerprint density at radius 1 is 1.21 bits per heavy atom. The Morgan fingerprint density at radius 3 is 2.36 bits per heavy atom. The monoisotopic (exact) mass is 198 g/mol. The molecular weight excluding hydrogens is 176 g/mol. The van der Waals surface area contributed by atoms with E-state index in [1.165, 1.54) is 12.8 Å². The number of hydrogen-bond acceptors (Lipinski definition) is 2. The van der Waals surface area contributed by atoms with Crippen LogP contribution in [-0.2, 0) is 9.47 Å². The van der Waals surface area contributed by atoms with Crippen LogP contribution in [0.4, 0.5) is 0 Å². The highest BCUT2D eigenvalue weighted by Crippen LogP contribution is 2.43. The van der Waals surface area contributed by atoms with Crippen molar-refractivity contribution in [3.8, 4) is 0 Å². The van der Waals surface area contributed by atoms with Crippen LogP contribution in [0.5, 0.6) is 0 Å². The van der Waals surface area contributed by atoms with Crippen molar-refractivity contribution in [3.05, 3.63) is 0 Å². The lowest BCUT2D eigenvalue weighted by Gasteiger charge is -2.41. The van der Waals surface area contributed by atoms with Gasteiger partial charge in [-0.1, -0.05) is 27.2 Å². The third-order valence-corrected chi connectivity index (χ3v) is 3.56. The van der Waals surface area contributed by atoms with E-state index >= 15 is 0 Å². The minimum absolute atomic E-state index is 0.198. The molecule has 82 valence electrons. The largest absolute Gasteiger partial charge is 0.349 e. The first-order chi connectivity index (χ1) is 6.55. The molecule has 2 heteroatoms. The van der Waals surface area contributed by atoms with Gasteiger partial charge in [0.2, 0.25) is 0 Å². The molecule has 0 aromatic carbocycles. The van der Waals surface area contributed by atoms with E-state index in [4.69, 9.17) is 9.47 Å². The molecule has 2 rings (SSSR count). The van der Waals surface area contributed by atoms with Gasteiger partial charge in [0.05, 0.1) is 13.2 Å². The predicted molar refractivity (Wildman–Crippen MR) is 56.0 cm³/mol. The molecule has 1 atom stereocenters. The smallest absolute Gasteiger partial charge is 0.168 e. The summed E-state index contributed by atoms with van der Waals surface area (Å²) >= 11 is 0. The van der Waals surface area contributed by atoms with Gasteiger partial charge in [-0.05, 0) is 12.3 Å². The van der Waals surface area contributed by atoms with E-state index in [1.807, 2.05) is 0 Å². The standard InChI is InChI=1S/C12H22O2/c1-4-10-5-6-12(7-10)13-8-11(2,3)9-14-12/h10H,4-9H2,1-3H3/t10-/m0/s1. The summed E-state index contributed by atoms with van der Waals surface area (Å²) in [6.45, 7) is 8.36. The highest BCUT2D eigenvalue weighted by atomic mass is 16.7. The number of hydrogen-bond donors (Lipinski definition) is 0. The van der Waals surface area contributed by atoms with Gasteiger partial charge in [-0.2, -0.15) is 0 Å². The molecule has 0 aromatic heterocycles. The normalized spacial score (nSPS) is 34.9. The third kappa shape index (κ3) is 1.96. The lowest BCUT2D eigenvalue weighted by molar-refractivity contribution is -0.296. The zero-order valence-corrected chi connectivity index (χ0v) is 9.64. The first-order valence-electron chi connectivity index (χ1n) is 5.83. The van der Waals surface area contributed by atoms with Crippen LogP contribution in [0.2, 0.25) is 0 Å². The van der Waals surface area contributed by atoms with Gasteiger partial charge < -0.3 is 9.47 Å². The summed E-state index contributed by atoms with van der Waals surface area (Å²) in [7, 11) is 0. The lowest BCUT2D eigenvalue weighted by Crippen LogP contribution is -2.46. The fourth-order valence-electron chi connectivity index (χ4n) is 2.42. The average molecular weight is 198 g/mol. The lowest BCUT2D eigenvalue weighted by atomic mass is 9.94. The zero-order chi connectivity index (χ0) is 10.2. The van der Waals surface area contributed by atoms with Crippen LogP contribution in [0.15, 0.2) is 0 Å². The molecule has 1 saturated heterocycles. The van der Waals surface area contributed by atoms with Crippen molar-refractivity contribution in [1.82, 2.24) is 0 Å². The van der Waals surface area contributed by atoms with Crippen molar-refractivity contribution in [3.63, 3.8) is 0 Å². The van der Waals surface area contributed by atoms with E-state index < -0.39 is 0 Å². The number of ether oxygens (including phenoxy) is 2. The van der Waals surface area contributed by atoms with Crippen molar-refractivity contribution >= 4 is 0 Å². The Balaban J connectivity index is 1.94. The first kappa shape index (κ1) is 10.4. The average Bonchev–Trinajstić information content (AvgIpc) is 2.56. The minimum atomic E-state index is -0.198. The molecule has 1 heterocycles. The van der Waals surface area contributed by atoms with Crippen LogP contribution in [0.25, 0.3) is 0 Å². The SMILES string of the molecule is CC[C@H]1CCC2(C1)OCC(C)(C)CO2. The van der Waals surface area contributed by atoms with Gasteiger partial charge in [0.1, 0.15) is 0 Å². The third-order valence-electron chi connectivity index (χ3n) is 3.56. The second-order valence-corrected chi connectivity index (χ2v) is 5.67. The molecule has 0 N–H and O–H groups in total. The van der Waals surface area contributed by atoms with E-state index in [9.17, 15) is 0 Å². The van der Waals surface area contributed by atoms with Gasteiger partial charge in [-0.3, -0.25) is 0 Å². The molecule has 1 saturated carbocycles. The second kappa shape index (κ2) is 3.49. The van der Waals surface area contributed by atoms with Crippen LogP contribution < -0.4 is 0 Å². The van der Waals surface area contributed by atoms with Crippen LogP contribution in [0.1, 0.15) is 46.5 Å². The molecule has 1 spiro atoms. The van der Waals surface area contributed by atoms with Gasteiger partial charge >= 0.3 is 0 Å². The fourth-order valence-corrected chi connectivity index (χ4v) is 2.42. The van der Waals surface area contributed by atoms with Crippen molar-refractivity contribution in [1.29, 1.82) is 0 Å². The highest BCUT2D eigenvalue weighted by Gasteiger charge is 2.45.